The zero-order chi connectivity index (χ0) is 21.5. The number of rotatable bonds is 4. The van der Waals surface area contributed by atoms with E-state index in [1.54, 1.807) is 17.0 Å². The molecular weight excluding hydrogens is 427 g/mol. The number of hydrogen-bond acceptors (Lipinski definition) is 3. The van der Waals surface area contributed by atoms with Crippen LogP contribution in [0.25, 0.3) is 10.9 Å². The van der Waals surface area contributed by atoms with Crippen molar-refractivity contribution in [3.8, 4) is 0 Å². The zero-order valence-electron chi connectivity index (χ0n) is 16.5. The molecule has 8 heteroatoms. The fraction of sp³-hybridized carbons (Fsp3) is 0.318. The predicted octanol–water partition coefficient (Wildman–Crippen LogP) is 4.34. The lowest BCUT2D eigenvalue weighted by Gasteiger charge is -2.32. The van der Waals surface area contributed by atoms with Gasteiger partial charge in [0.15, 0.2) is 0 Å². The first-order chi connectivity index (χ1) is 14.2. The summed E-state index contributed by atoms with van der Waals surface area (Å²) in [5.41, 5.74) is 1.94. The number of benzene rings is 2. The number of likely N-dealkylation sites (tertiary alicyclic amines) is 1. The van der Waals surface area contributed by atoms with Crippen LogP contribution in [0.1, 0.15) is 28.8 Å². The van der Waals surface area contributed by atoms with E-state index < -0.39 is 10.0 Å². The van der Waals surface area contributed by atoms with Crippen molar-refractivity contribution < 1.29 is 17.6 Å². The van der Waals surface area contributed by atoms with Gasteiger partial charge in [-0.15, -0.1) is 0 Å². The van der Waals surface area contributed by atoms with E-state index in [1.165, 1.54) is 24.4 Å². The third-order valence-electron chi connectivity index (χ3n) is 5.67. The Hall–Kier alpha value is -2.38. The smallest absolute Gasteiger partial charge is 0.255 e. The van der Waals surface area contributed by atoms with Crippen molar-refractivity contribution in [3.63, 3.8) is 0 Å². The minimum absolute atomic E-state index is 0.144. The van der Waals surface area contributed by atoms with Crippen LogP contribution in [-0.2, 0) is 16.4 Å². The lowest BCUT2D eigenvalue weighted by Crippen LogP contribution is -2.39. The third kappa shape index (κ3) is 4.23. The molecule has 0 bridgehead atoms. The highest BCUT2D eigenvalue weighted by Gasteiger charge is 2.26. The number of nitrogens with zero attached hydrogens (tertiary/aromatic N) is 2. The summed E-state index contributed by atoms with van der Waals surface area (Å²) in [6.07, 6.45) is 5.19. The average Bonchev–Trinajstić information content (AvgIpc) is 3.12. The molecule has 0 unspecified atom stereocenters. The number of hydrogen-bond donors (Lipinski definition) is 0. The monoisotopic (exact) mass is 448 g/mol. The van der Waals surface area contributed by atoms with Gasteiger partial charge >= 0.3 is 0 Å². The van der Waals surface area contributed by atoms with Crippen molar-refractivity contribution in [2.24, 2.45) is 5.92 Å². The molecule has 1 fully saturated rings. The van der Waals surface area contributed by atoms with Crippen LogP contribution in [0, 0.1) is 11.7 Å². The molecule has 0 saturated carbocycles. The Bertz CT molecular complexity index is 1200. The molecule has 3 aromatic rings. The van der Waals surface area contributed by atoms with Gasteiger partial charge in [0.1, 0.15) is 5.82 Å². The standard InChI is InChI=1S/C22H22ClFN2O3S/c1-30(28,29)26-11-8-17-13-19(20(23)14-21(17)26)22(27)25-9-6-16(7-10-25)12-15-2-4-18(24)5-3-15/h2-5,8,11,13-14,16H,6-7,9-10,12H2,1H3. The molecule has 1 amide bonds. The van der Waals surface area contributed by atoms with Crippen LogP contribution >= 0.6 is 11.6 Å². The highest BCUT2D eigenvalue weighted by Crippen LogP contribution is 2.29. The zero-order valence-corrected chi connectivity index (χ0v) is 18.1. The first kappa shape index (κ1) is 20.9. The Kier molecular flexibility index (Phi) is 5.59. The summed E-state index contributed by atoms with van der Waals surface area (Å²) >= 11 is 6.36. The molecule has 0 aliphatic carbocycles. The molecule has 1 aliphatic rings. The molecule has 0 radical (unpaired) electrons. The first-order valence-corrected chi connectivity index (χ1v) is 12.0. The molecule has 2 aromatic carbocycles. The minimum atomic E-state index is -3.45. The molecule has 1 aromatic heterocycles. The van der Waals surface area contributed by atoms with E-state index in [2.05, 4.69) is 0 Å². The number of halogens is 2. The van der Waals surface area contributed by atoms with Gasteiger partial charge in [-0.2, -0.15) is 0 Å². The highest BCUT2D eigenvalue weighted by molar-refractivity contribution is 7.89. The maximum absolute atomic E-state index is 13.1. The maximum Gasteiger partial charge on any atom is 0.255 e. The molecule has 4 rings (SSSR count). The van der Waals surface area contributed by atoms with Gasteiger partial charge in [-0.1, -0.05) is 23.7 Å². The predicted molar refractivity (Wildman–Crippen MR) is 116 cm³/mol. The van der Waals surface area contributed by atoms with Crippen LogP contribution in [0.15, 0.2) is 48.7 Å². The van der Waals surface area contributed by atoms with Crippen molar-refractivity contribution in [3.05, 3.63) is 70.6 Å². The molecular formula is C22H22ClFN2O3S. The number of carbonyl (C=O) groups excluding carboxylic acids is 1. The van der Waals surface area contributed by atoms with Crippen LogP contribution in [0.4, 0.5) is 4.39 Å². The van der Waals surface area contributed by atoms with Crippen molar-refractivity contribution in [2.45, 2.75) is 19.3 Å². The number of piperidine rings is 1. The molecule has 2 heterocycles. The van der Waals surface area contributed by atoms with E-state index in [0.717, 1.165) is 35.1 Å². The highest BCUT2D eigenvalue weighted by atomic mass is 35.5. The molecule has 0 spiro atoms. The van der Waals surface area contributed by atoms with Crippen molar-refractivity contribution in [1.82, 2.24) is 8.87 Å². The van der Waals surface area contributed by atoms with E-state index in [4.69, 9.17) is 11.6 Å². The SMILES string of the molecule is CS(=O)(=O)n1ccc2cc(C(=O)N3CCC(Cc4ccc(F)cc4)CC3)c(Cl)cc21. The number of fused-ring (bicyclic) bond motifs is 1. The Labute approximate surface area is 180 Å². The Morgan fingerprint density at radius 1 is 1.13 bits per heavy atom. The number of aromatic nitrogens is 1. The van der Waals surface area contributed by atoms with Crippen LogP contribution in [0.2, 0.25) is 5.02 Å². The molecule has 1 aliphatic heterocycles. The second-order valence-electron chi connectivity index (χ2n) is 7.83. The van der Waals surface area contributed by atoms with Crippen molar-refractivity contribution in [2.75, 3.05) is 19.3 Å². The second kappa shape index (κ2) is 8.04. The van der Waals surface area contributed by atoms with Crippen LogP contribution in [-0.4, -0.2) is 42.5 Å². The maximum atomic E-state index is 13.1. The van der Waals surface area contributed by atoms with Gasteiger partial charge in [0.05, 0.1) is 22.4 Å². The second-order valence-corrected chi connectivity index (χ2v) is 10.1. The molecule has 158 valence electrons. The summed E-state index contributed by atoms with van der Waals surface area (Å²) in [5, 5.41) is 0.893. The summed E-state index contributed by atoms with van der Waals surface area (Å²) < 4.78 is 38.0. The molecule has 30 heavy (non-hydrogen) atoms. The quantitative estimate of drug-likeness (QED) is 0.596. The van der Waals surface area contributed by atoms with Gasteiger partial charge < -0.3 is 4.90 Å². The minimum Gasteiger partial charge on any atom is -0.339 e. The summed E-state index contributed by atoms with van der Waals surface area (Å²) in [5.74, 6) is 0.0652. The van der Waals surface area contributed by atoms with Crippen molar-refractivity contribution >= 4 is 38.4 Å². The van der Waals surface area contributed by atoms with E-state index in [1.807, 2.05) is 12.1 Å². The molecule has 0 N–H and O–H groups in total. The van der Waals surface area contributed by atoms with Gasteiger partial charge in [0.2, 0.25) is 10.0 Å². The molecule has 0 atom stereocenters. The van der Waals surface area contributed by atoms with E-state index in [9.17, 15) is 17.6 Å². The average molecular weight is 449 g/mol. The topological polar surface area (TPSA) is 59.4 Å². The van der Waals surface area contributed by atoms with Crippen LogP contribution in [0.3, 0.4) is 0 Å². The fourth-order valence-electron chi connectivity index (χ4n) is 4.05. The lowest BCUT2D eigenvalue weighted by molar-refractivity contribution is 0.0691. The molecule has 5 nitrogen and oxygen atoms in total. The largest absolute Gasteiger partial charge is 0.339 e. The Balaban J connectivity index is 1.47. The fourth-order valence-corrected chi connectivity index (χ4v) is 5.09. The summed E-state index contributed by atoms with van der Waals surface area (Å²) in [6, 6.07) is 11.4. The number of amides is 1. The van der Waals surface area contributed by atoms with Gasteiger partial charge in [-0.25, -0.2) is 16.8 Å². The van der Waals surface area contributed by atoms with Gasteiger partial charge in [0.25, 0.3) is 5.91 Å². The van der Waals surface area contributed by atoms with Crippen molar-refractivity contribution in [1.29, 1.82) is 0 Å². The van der Waals surface area contributed by atoms with Gasteiger partial charge in [-0.3, -0.25) is 4.79 Å². The third-order valence-corrected chi connectivity index (χ3v) is 7.02. The molecule has 1 saturated heterocycles. The lowest BCUT2D eigenvalue weighted by atomic mass is 9.90. The summed E-state index contributed by atoms with van der Waals surface area (Å²) in [4.78, 5) is 14.8. The van der Waals surface area contributed by atoms with Crippen LogP contribution < -0.4 is 0 Å². The summed E-state index contributed by atoms with van der Waals surface area (Å²) in [6.45, 7) is 1.26. The first-order valence-electron chi connectivity index (χ1n) is 9.77. The Morgan fingerprint density at radius 3 is 2.43 bits per heavy atom. The summed E-state index contributed by atoms with van der Waals surface area (Å²) in [7, 11) is -3.45. The van der Waals surface area contributed by atoms with Gasteiger partial charge in [-0.05, 0) is 61.1 Å². The van der Waals surface area contributed by atoms with E-state index in [0.29, 0.717) is 35.5 Å². The van der Waals surface area contributed by atoms with Gasteiger partial charge in [0, 0.05) is 24.7 Å². The normalized spacial score (nSPS) is 15.6. The van der Waals surface area contributed by atoms with Crippen LogP contribution in [0.5, 0.6) is 0 Å². The van der Waals surface area contributed by atoms with E-state index in [-0.39, 0.29) is 16.7 Å². The van der Waals surface area contributed by atoms with E-state index >= 15 is 0 Å². The Morgan fingerprint density at radius 2 is 1.80 bits per heavy atom. The number of carbonyl (C=O) groups is 1.